The van der Waals surface area contributed by atoms with E-state index in [1.165, 1.54) is 0 Å². The number of hydrogen-bond donors (Lipinski definition) is 2. The van der Waals surface area contributed by atoms with Crippen molar-refractivity contribution < 1.29 is 22.7 Å². The Kier molecular flexibility index (Phi) is 10.5. The highest BCUT2D eigenvalue weighted by Crippen LogP contribution is 2.22. The Labute approximate surface area is 220 Å². The summed E-state index contributed by atoms with van der Waals surface area (Å²) in [6.45, 7) is 4.75. The molecule has 2 N–H and O–H groups in total. The number of nitrogens with one attached hydrogen (secondary N) is 2. The molecule has 0 spiro atoms. The molecule has 0 bridgehead atoms. The van der Waals surface area contributed by atoms with Gasteiger partial charge >= 0.3 is 0 Å². The number of benzene rings is 2. The summed E-state index contributed by atoms with van der Waals surface area (Å²) in [7, 11) is -1.91. The SMILES string of the molecule is CCCCCNC(=O)[C@@H](C)N(Cc1ccc(OC)cc1)C(=O)CCc1ccc(S(=O)(=O)NC2CC2)cc1. The fourth-order valence-electron chi connectivity index (χ4n) is 3.96. The van der Waals surface area contributed by atoms with Crippen molar-refractivity contribution in [3.63, 3.8) is 0 Å². The molecule has 0 aromatic heterocycles. The predicted octanol–water partition coefficient (Wildman–Crippen LogP) is 3.79. The highest BCUT2D eigenvalue weighted by molar-refractivity contribution is 7.89. The highest BCUT2D eigenvalue weighted by atomic mass is 32.2. The Hall–Kier alpha value is -2.91. The van der Waals surface area contributed by atoms with Crippen LogP contribution in [0.4, 0.5) is 0 Å². The number of carbonyl (C=O) groups is 2. The third-order valence-corrected chi connectivity index (χ3v) is 8.06. The van der Waals surface area contributed by atoms with Crippen LogP contribution in [0.2, 0.25) is 0 Å². The molecule has 0 aliphatic heterocycles. The fourth-order valence-corrected chi connectivity index (χ4v) is 5.27. The van der Waals surface area contributed by atoms with Crippen molar-refractivity contribution in [2.45, 2.75) is 82.3 Å². The maximum absolute atomic E-state index is 13.3. The van der Waals surface area contributed by atoms with E-state index in [-0.39, 0.29) is 29.2 Å². The van der Waals surface area contributed by atoms with Crippen LogP contribution in [0.25, 0.3) is 0 Å². The van der Waals surface area contributed by atoms with E-state index in [1.807, 2.05) is 24.3 Å². The van der Waals surface area contributed by atoms with E-state index in [1.54, 1.807) is 43.2 Å². The van der Waals surface area contributed by atoms with E-state index in [4.69, 9.17) is 4.74 Å². The first-order valence-corrected chi connectivity index (χ1v) is 14.5. The number of methoxy groups -OCH3 is 1. The van der Waals surface area contributed by atoms with Gasteiger partial charge in [-0.05, 0) is 68.0 Å². The molecule has 202 valence electrons. The van der Waals surface area contributed by atoms with Crippen molar-refractivity contribution in [1.82, 2.24) is 14.9 Å². The number of rotatable bonds is 15. The minimum Gasteiger partial charge on any atom is -0.497 e. The van der Waals surface area contributed by atoms with E-state index in [0.29, 0.717) is 19.5 Å². The zero-order chi connectivity index (χ0) is 26.8. The zero-order valence-corrected chi connectivity index (χ0v) is 22.9. The first-order valence-electron chi connectivity index (χ1n) is 13.0. The van der Waals surface area contributed by atoms with Crippen molar-refractivity contribution in [3.8, 4) is 5.75 Å². The maximum atomic E-state index is 13.3. The standard InChI is InChI=1S/C28H39N3O5S/c1-4-5-6-19-29-28(33)21(2)31(20-23-7-14-25(36-3)15-8-23)27(32)18-11-22-9-16-26(17-10-22)37(34,35)30-24-12-13-24/h7-10,14-17,21,24,30H,4-6,11-13,18-20H2,1-3H3,(H,29,33)/t21-/m1/s1. The molecule has 37 heavy (non-hydrogen) atoms. The number of nitrogens with zero attached hydrogens (tertiary/aromatic N) is 1. The summed E-state index contributed by atoms with van der Waals surface area (Å²) < 4.78 is 32.7. The van der Waals surface area contributed by atoms with E-state index in [0.717, 1.165) is 49.0 Å². The lowest BCUT2D eigenvalue weighted by atomic mass is 10.1. The monoisotopic (exact) mass is 529 g/mol. The van der Waals surface area contributed by atoms with Gasteiger partial charge in [0.25, 0.3) is 0 Å². The van der Waals surface area contributed by atoms with Gasteiger partial charge in [-0.15, -0.1) is 0 Å². The largest absolute Gasteiger partial charge is 0.497 e. The third kappa shape index (κ3) is 8.86. The summed E-state index contributed by atoms with van der Waals surface area (Å²) in [6, 6.07) is 13.5. The molecule has 2 aromatic rings. The smallest absolute Gasteiger partial charge is 0.242 e. The maximum Gasteiger partial charge on any atom is 0.242 e. The average molecular weight is 530 g/mol. The number of sulfonamides is 1. The van der Waals surface area contributed by atoms with Crippen LogP contribution < -0.4 is 14.8 Å². The van der Waals surface area contributed by atoms with E-state index < -0.39 is 16.1 Å². The Morgan fingerprint density at radius 2 is 1.68 bits per heavy atom. The molecule has 1 aliphatic carbocycles. The van der Waals surface area contributed by atoms with Gasteiger partial charge in [0.2, 0.25) is 21.8 Å². The zero-order valence-electron chi connectivity index (χ0n) is 22.0. The second-order valence-corrected chi connectivity index (χ2v) is 11.3. The van der Waals surface area contributed by atoms with E-state index >= 15 is 0 Å². The van der Waals surface area contributed by atoms with Gasteiger partial charge in [-0.25, -0.2) is 13.1 Å². The topological polar surface area (TPSA) is 105 Å². The van der Waals surface area contributed by atoms with E-state index in [2.05, 4.69) is 17.0 Å². The molecule has 0 heterocycles. The summed E-state index contributed by atoms with van der Waals surface area (Å²) >= 11 is 0. The first-order chi connectivity index (χ1) is 17.7. The van der Waals surface area contributed by atoms with Crippen LogP contribution in [-0.2, 0) is 32.6 Å². The molecular weight excluding hydrogens is 490 g/mol. The second kappa shape index (κ2) is 13.6. The van der Waals surface area contributed by atoms with Crippen LogP contribution >= 0.6 is 0 Å². The summed E-state index contributed by atoms with van der Waals surface area (Å²) in [5, 5.41) is 2.95. The van der Waals surface area contributed by atoms with Crippen LogP contribution in [0.1, 0.15) is 63.5 Å². The van der Waals surface area contributed by atoms with E-state index in [9.17, 15) is 18.0 Å². The molecular formula is C28H39N3O5S. The number of ether oxygens (including phenoxy) is 1. The lowest BCUT2D eigenvalue weighted by Gasteiger charge is -2.29. The minimum absolute atomic E-state index is 0.0461. The second-order valence-electron chi connectivity index (χ2n) is 9.58. The summed E-state index contributed by atoms with van der Waals surface area (Å²) in [6.07, 6.45) is 5.42. The number of hydrogen-bond acceptors (Lipinski definition) is 5. The van der Waals surface area contributed by atoms with Gasteiger partial charge in [0.15, 0.2) is 0 Å². The molecule has 2 amide bonds. The van der Waals surface area contributed by atoms with Crippen molar-refractivity contribution in [2.75, 3.05) is 13.7 Å². The molecule has 1 saturated carbocycles. The van der Waals surface area contributed by atoms with Crippen LogP contribution in [0.15, 0.2) is 53.4 Å². The number of carbonyl (C=O) groups excluding carboxylic acids is 2. The Morgan fingerprint density at radius 3 is 2.27 bits per heavy atom. The van der Waals surface area contributed by atoms with Gasteiger partial charge < -0.3 is 15.0 Å². The Balaban J connectivity index is 1.65. The lowest BCUT2D eigenvalue weighted by Crippen LogP contribution is -2.47. The predicted molar refractivity (Wildman–Crippen MR) is 144 cm³/mol. The fraction of sp³-hybridized carbons (Fsp3) is 0.500. The van der Waals surface area contributed by atoms with Crippen LogP contribution in [0, 0.1) is 0 Å². The van der Waals surface area contributed by atoms with Crippen LogP contribution in [0.5, 0.6) is 5.75 Å². The van der Waals surface area contributed by atoms with Gasteiger partial charge in [-0.2, -0.15) is 0 Å². The van der Waals surface area contributed by atoms with Gasteiger partial charge in [-0.3, -0.25) is 9.59 Å². The van der Waals surface area contributed by atoms with Gasteiger partial charge in [0.1, 0.15) is 11.8 Å². The van der Waals surface area contributed by atoms with Crippen molar-refractivity contribution >= 4 is 21.8 Å². The number of aryl methyl sites for hydroxylation is 1. The molecule has 1 atom stereocenters. The lowest BCUT2D eigenvalue weighted by molar-refractivity contribution is -0.140. The normalized spacial score (nSPS) is 14.1. The highest BCUT2D eigenvalue weighted by Gasteiger charge is 2.28. The van der Waals surface area contributed by atoms with Crippen LogP contribution in [0.3, 0.4) is 0 Å². The number of amides is 2. The third-order valence-electron chi connectivity index (χ3n) is 6.52. The van der Waals surface area contributed by atoms with Crippen LogP contribution in [-0.4, -0.2) is 50.9 Å². The molecule has 2 aromatic carbocycles. The summed E-state index contributed by atoms with van der Waals surface area (Å²) in [5.41, 5.74) is 1.76. The van der Waals surface area contributed by atoms with Gasteiger partial charge in [0, 0.05) is 25.6 Å². The molecule has 8 nitrogen and oxygen atoms in total. The number of unbranched alkanes of at least 4 members (excludes halogenated alkanes) is 2. The Morgan fingerprint density at radius 1 is 1.03 bits per heavy atom. The molecule has 0 radical (unpaired) electrons. The van der Waals surface area contributed by atoms with Gasteiger partial charge in [-0.1, -0.05) is 44.0 Å². The molecule has 3 rings (SSSR count). The summed E-state index contributed by atoms with van der Waals surface area (Å²) in [5.74, 6) is 0.413. The average Bonchev–Trinajstić information content (AvgIpc) is 3.71. The molecule has 0 unspecified atom stereocenters. The van der Waals surface area contributed by atoms with Crippen molar-refractivity contribution in [1.29, 1.82) is 0 Å². The van der Waals surface area contributed by atoms with Crippen molar-refractivity contribution in [2.24, 2.45) is 0 Å². The quantitative estimate of drug-likeness (QED) is 0.342. The summed E-state index contributed by atoms with van der Waals surface area (Å²) in [4.78, 5) is 28.0. The van der Waals surface area contributed by atoms with Gasteiger partial charge in [0.05, 0.1) is 12.0 Å². The Bertz CT molecular complexity index is 1130. The first kappa shape index (κ1) is 28.7. The minimum atomic E-state index is -3.51. The molecule has 1 fully saturated rings. The molecule has 0 saturated heterocycles. The molecule has 9 heteroatoms. The molecule has 1 aliphatic rings. The van der Waals surface area contributed by atoms with Crippen molar-refractivity contribution in [3.05, 3.63) is 59.7 Å².